The summed E-state index contributed by atoms with van der Waals surface area (Å²) in [6.45, 7) is 3.81. The Hall–Kier alpha value is -2.00. The Balaban J connectivity index is 1.50. The van der Waals surface area contributed by atoms with Crippen molar-refractivity contribution in [2.45, 2.75) is 57.6 Å². The third kappa shape index (κ3) is 3.65. The molecule has 2 heterocycles. The maximum atomic E-state index is 13.3. The molecule has 3 aliphatic rings. The lowest BCUT2D eigenvalue weighted by Crippen LogP contribution is -2.53. The highest BCUT2D eigenvalue weighted by Gasteiger charge is 2.69. The minimum Gasteiger partial charge on any atom is -0.478 e. The van der Waals surface area contributed by atoms with E-state index in [0.717, 1.165) is 0 Å². The van der Waals surface area contributed by atoms with Gasteiger partial charge >= 0.3 is 12.1 Å². The number of amides is 1. The predicted octanol–water partition coefficient (Wildman–Crippen LogP) is 4.81. The number of ether oxygens (including phenoxy) is 2. The second-order valence-corrected chi connectivity index (χ2v) is 9.13. The second kappa shape index (κ2) is 7.27. The summed E-state index contributed by atoms with van der Waals surface area (Å²) < 4.78 is 52.1. The number of hydrogen-bond acceptors (Lipinski definition) is 4. The molecule has 2 fully saturated rings. The predicted molar refractivity (Wildman–Crippen MR) is 104 cm³/mol. The van der Waals surface area contributed by atoms with Gasteiger partial charge in [-0.1, -0.05) is 11.6 Å². The first-order chi connectivity index (χ1) is 14.4. The first kappa shape index (κ1) is 22.2. The summed E-state index contributed by atoms with van der Waals surface area (Å²) in [6, 6.07) is 2.88. The largest absolute Gasteiger partial charge is 0.478 e. The molecule has 170 valence electrons. The average molecular weight is 462 g/mol. The number of carboxylic acid groups (broad SMARTS) is 1. The fourth-order valence-corrected chi connectivity index (χ4v) is 4.97. The van der Waals surface area contributed by atoms with Crippen LogP contribution in [0.5, 0.6) is 5.75 Å². The Kier molecular flexibility index (Phi) is 5.20. The van der Waals surface area contributed by atoms with Crippen molar-refractivity contribution in [1.29, 1.82) is 0 Å². The summed E-state index contributed by atoms with van der Waals surface area (Å²) in [5.74, 6) is -2.99. The summed E-state index contributed by atoms with van der Waals surface area (Å²) in [6.07, 6.45) is -4.60. The summed E-state index contributed by atoms with van der Waals surface area (Å²) in [4.78, 5) is 25.4. The lowest BCUT2D eigenvalue weighted by Gasteiger charge is -2.47. The van der Waals surface area contributed by atoms with Crippen LogP contribution >= 0.6 is 11.6 Å². The van der Waals surface area contributed by atoms with Gasteiger partial charge < -0.3 is 19.5 Å². The molecule has 1 saturated carbocycles. The van der Waals surface area contributed by atoms with Crippen molar-refractivity contribution >= 4 is 23.5 Å². The van der Waals surface area contributed by atoms with Gasteiger partial charge in [0.2, 0.25) is 11.7 Å². The fourth-order valence-electron chi connectivity index (χ4n) is 4.76. The monoisotopic (exact) mass is 461 g/mol. The highest BCUT2D eigenvalue weighted by atomic mass is 35.5. The molecule has 2 unspecified atom stereocenters. The molecule has 31 heavy (non-hydrogen) atoms. The van der Waals surface area contributed by atoms with E-state index in [1.807, 2.05) is 0 Å². The number of aromatic carboxylic acids is 1. The third-order valence-corrected chi connectivity index (χ3v) is 6.91. The van der Waals surface area contributed by atoms with Crippen molar-refractivity contribution < 1.29 is 37.3 Å². The molecule has 0 radical (unpaired) electrons. The highest BCUT2D eigenvalue weighted by molar-refractivity contribution is 6.31. The molecule has 2 aliphatic heterocycles. The Morgan fingerprint density at radius 2 is 1.84 bits per heavy atom. The maximum absolute atomic E-state index is 13.3. The number of alkyl halides is 3. The molecule has 1 saturated heterocycles. The number of piperidine rings is 1. The Bertz CT molecular complexity index is 924. The van der Waals surface area contributed by atoms with Crippen LogP contribution in [0.15, 0.2) is 12.1 Å². The molecule has 10 heteroatoms. The topological polar surface area (TPSA) is 76.1 Å². The second-order valence-electron chi connectivity index (χ2n) is 8.69. The quantitative estimate of drug-likeness (QED) is 0.699. The van der Waals surface area contributed by atoms with Crippen LogP contribution in [-0.4, -0.2) is 46.9 Å². The van der Waals surface area contributed by atoms with Crippen molar-refractivity contribution in [3.8, 4) is 5.75 Å². The third-order valence-electron chi connectivity index (χ3n) is 6.69. The number of likely N-dealkylation sites (tertiary alicyclic amines) is 1. The zero-order valence-electron chi connectivity index (χ0n) is 17.1. The van der Waals surface area contributed by atoms with Crippen LogP contribution in [0.2, 0.25) is 5.02 Å². The molecule has 0 aromatic heterocycles. The van der Waals surface area contributed by atoms with Crippen LogP contribution in [0.25, 0.3) is 0 Å². The minimum atomic E-state index is -4.53. The van der Waals surface area contributed by atoms with Gasteiger partial charge in [0.1, 0.15) is 11.2 Å². The van der Waals surface area contributed by atoms with Crippen LogP contribution in [0.1, 0.15) is 61.6 Å². The van der Waals surface area contributed by atoms with E-state index in [4.69, 9.17) is 21.1 Å². The number of benzene rings is 1. The molecule has 1 aliphatic carbocycles. The summed E-state index contributed by atoms with van der Waals surface area (Å²) in [5, 5.41) is 9.70. The van der Waals surface area contributed by atoms with Gasteiger partial charge in [-0.15, -0.1) is 0 Å². The Morgan fingerprint density at radius 1 is 1.23 bits per heavy atom. The van der Waals surface area contributed by atoms with Crippen molar-refractivity contribution in [2.24, 2.45) is 11.3 Å². The van der Waals surface area contributed by atoms with Gasteiger partial charge in [0.25, 0.3) is 0 Å². The Labute approximate surface area is 182 Å². The van der Waals surface area contributed by atoms with Crippen LogP contribution < -0.4 is 4.74 Å². The summed E-state index contributed by atoms with van der Waals surface area (Å²) in [7, 11) is 0. The Morgan fingerprint density at radius 3 is 2.35 bits per heavy atom. The lowest BCUT2D eigenvalue weighted by atomic mass is 9.86. The van der Waals surface area contributed by atoms with E-state index < -0.39 is 35.4 Å². The standard InChI is InChI=1S/C21H23ClF3NO5/c1-11-16-14(17(27)28)9-13(22)10-15(16)31-19(2,30-11)12-3-7-26(8-4-12)18(29)20(5-6-20)21(23,24)25/h9-12H,3-8H2,1-2H3,(H,27,28). The number of nitrogens with zero attached hydrogens (tertiary/aromatic N) is 1. The molecule has 4 rings (SSSR count). The molecule has 0 bridgehead atoms. The number of carbonyl (C=O) groups is 2. The van der Waals surface area contributed by atoms with E-state index in [1.165, 1.54) is 11.0 Å². The molecule has 6 nitrogen and oxygen atoms in total. The highest BCUT2D eigenvalue weighted by Crippen LogP contribution is 2.59. The number of hydrogen-bond donors (Lipinski definition) is 1. The number of carboxylic acids is 1. The van der Waals surface area contributed by atoms with Gasteiger partial charge in [-0.3, -0.25) is 4.79 Å². The average Bonchev–Trinajstić information content (AvgIpc) is 3.48. The fraction of sp³-hybridized carbons (Fsp3) is 0.619. The number of halogens is 4. The zero-order valence-corrected chi connectivity index (χ0v) is 17.8. The smallest absolute Gasteiger partial charge is 0.403 e. The van der Waals surface area contributed by atoms with Gasteiger partial charge in [0.05, 0.1) is 11.7 Å². The van der Waals surface area contributed by atoms with Crippen molar-refractivity contribution in [1.82, 2.24) is 4.90 Å². The van der Waals surface area contributed by atoms with Crippen LogP contribution in [0.3, 0.4) is 0 Å². The van der Waals surface area contributed by atoms with E-state index >= 15 is 0 Å². The minimum absolute atomic E-state index is 0.000604. The molecule has 2 atom stereocenters. The molecule has 1 N–H and O–H groups in total. The molecular formula is C21H23ClF3NO5. The molecule has 1 aromatic carbocycles. The molecule has 0 spiro atoms. The van der Waals surface area contributed by atoms with Gasteiger partial charge in [-0.25, -0.2) is 4.79 Å². The normalized spacial score (nSPS) is 27.9. The van der Waals surface area contributed by atoms with Crippen LogP contribution in [0, 0.1) is 11.3 Å². The summed E-state index contributed by atoms with van der Waals surface area (Å²) >= 11 is 6.07. The molecular weight excluding hydrogens is 439 g/mol. The van der Waals surface area contributed by atoms with Gasteiger partial charge in [-0.05, 0) is 44.7 Å². The SMILES string of the molecule is CC1OC(C)(C2CCN(C(=O)C3(C(F)(F)F)CC3)CC2)Oc2cc(Cl)cc(C(=O)O)c21. The van der Waals surface area contributed by atoms with Crippen LogP contribution in [0.4, 0.5) is 13.2 Å². The van der Waals surface area contributed by atoms with E-state index in [0.29, 0.717) is 24.2 Å². The van der Waals surface area contributed by atoms with Crippen molar-refractivity contribution in [2.75, 3.05) is 13.1 Å². The molecule has 1 aromatic rings. The molecule has 1 amide bonds. The van der Waals surface area contributed by atoms with Crippen molar-refractivity contribution in [3.05, 3.63) is 28.3 Å². The lowest BCUT2D eigenvalue weighted by molar-refractivity contribution is -0.251. The summed E-state index contributed by atoms with van der Waals surface area (Å²) in [5.41, 5.74) is -1.82. The first-order valence-corrected chi connectivity index (χ1v) is 10.6. The van der Waals surface area contributed by atoms with Crippen molar-refractivity contribution in [3.63, 3.8) is 0 Å². The van der Waals surface area contributed by atoms with Gasteiger partial charge in [-0.2, -0.15) is 13.2 Å². The van der Waals surface area contributed by atoms with E-state index in [1.54, 1.807) is 19.9 Å². The number of carbonyl (C=O) groups excluding carboxylic acids is 1. The van der Waals surface area contributed by atoms with E-state index in [9.17, 15) is 27.9 Å². The number of rotatable bonds is 3. The maximum Gasteiger partial charge on any atom is 0.403 e. The van der Waals surface area contributed by atoms with E-state index in [-0.39, 0.29) is 42.4 Å². The zero-order chi connectivity index (χ0) is 22.8. The van der Waals surface area contributed by atoms with Gasteiger partial charge in [0, 0.05) is 36.5 Å². The first-order valence-electron chi connectivity index (χ1n) is 10.2. The van der Waals surface area contributed by atoms with Crippen LogP contribution in [-0.2, 0) is 9.53 Å². The number of fused-ring (bicyclic) bond motifs is 1. The van der Waals surface area contributed by atoms with Gasteiger partial charge in [0.15, 0.2) is 0 Å². The van der Waals surface area contributed by atoms with E-state index in [2.05, 4.69) is 0 Å².